The van der Waals surface area contributed by atoms with Crippen molar-refractivity contribution in [3.63, 3.8) is 0 Å². The number of benzene rings is 1. The van der Waals surface area contributed by atoms with Crippen molar-refractivity contribution in [3.05, 3.63) is 29.8 Å². The molecule has 0 spiro atoms. The molecule has 0 radical (unpaired) electrons. The van der Waals surface area contributed by atoms with Crippen molar-refractivity contribution in [1.82, 2.24) is 5.32 Å². The number of carbonyl (C=O) groups is 1. The third kappa shape index (κ3) is 4.40. The van der Waals surface area contributed by atoms with Crippen molar-refractivity contribution >= 4 is 5.91 Å². The highest BCUT2D eigenvalue weighted by Crippen LogP contribution is 2.15. The van der Waals surface area contributed by atoms with E-state index < -0.39 is 6.10 Å². The summed E-state index contributed by atoms with van der Waals surface area (Å²) in [6.07, 6.45) is 2.22. The molecule has 0 fully saturated rings. The van der Waals surface area contributed by atoms with Crippen LogP contribution in [0.2, 0.25) is 0 Å². The molecule has 1 aromatic carbocycles. The fourth-order valence-electron chi connectivity index (χ4n) is 1.65. The van der Waals surface area contributed by atoms with Gasteiger partial charge in [-0.15, -0.1) is 0 Å². The molecule has 0 aliphatic heterocycles. The first-order chi connectivity index (χ1) is 8.71. The Labute approximate surface area is 110 Å². The van der Waals surface area contributed by atoms with Crippen LogP contribution in [-0.2, 0) is 11.2 Å². The topological polar surface area (TPSA) is 38.3 Å². The maximum absolute atomic E-state index is 11.8. The van der Waals surface area contributed by atoms with E-state index in [2.05, 4.69) is 12.2 Å². The first-order valence-electron chi connectivity index (χ1n) is 6.74. The van der Waals surface area contributed by atoms with Crippen molar-refractivity contribution < 1.29 is 9.53 Å². The molecule has 1 rings (SSSR count). The molecule has 0 aromatic heterocycles. The Balaban J connectivity index is 2.58. The number of hydrogen-bond acceptors (Lipinski definition) is 2. The van der Waals surface area contributed by atoms with E-state index in [-0.39, 0.29) is 5.91 Å². The normalized spacial score (nSPS) is 11.9. The first-order valence-corrected chi connectivity index (χ1v) is 6.74. The van der Waals surface area contributed by atoms with Crippen LogP contribution in [0.4, 0.5) is 0 Å². The Morgan fingerprint density at radius 1 is 1.22 bits per heavy atom. The lowest BCUT2D eigenvalue weighted by molar-refractivity contribution is -0.128. The van der Waals surface area contributed by atoms with Crippen LogP contribution in [0, 0.1) is 0 Å². The fraction of sp³-hybridized carbons (Fsp3) is 0.533. The summed E-state index contributed by atoms with van der Waals surface area (Å²) >= 11 is 0. The smallest absolute Gasteiger partial charge is 0.261 e. The summed E-state index contributed by atoms with van der Waals surface area (Å²) in [4.78, 5) is 11.8. The molecule has 100 valence electrons. The van der Waals surface area contributed by atoms with Gasteiger partial charge in [0.05, 0.1) is 0 Å². The molecule has 3 heteroatoms. The van der Waals surface area contributed by atoms with Gasteiger partial charge in [0.25, 0.3) is 5.91 Å². The van der Waals surface area contributed by atoms with E-state index in [1.165, 1.54) is 5.56 Å². The van der Waals surface area contributed by atoms with E-state index in [9.17, 15) is 4.79 Å². The molecule has 0 aliphatic carbocycles. The van der Waals surface area contributed by atoms with Gasteiger partial charge in [0.2, 0.25) is 0 Å². The van der Waals surface area contributed by atoms with Crippen molar-refractivity contribution in [2.45, 2.75) is 46.1 Å². The van der Waals surface area contributed by atoms with Crippen LogP contribution in [-0.4, -0.2) is 18.6 Å². The number of ether oxygens (including phenoxy) is 1. The monoisotopic (exact) mass is 249 g/mol. The van der Waals surface area contributed by atoms with Crippen molar-refractivity contribution in [1.29, 1.82) is 0 Å². The SMILES string of the molecule is CCCNC(=O)C(CC)Oc1ccc(CC)cc1. The number of amides is 1. The molecule has 0 saturated carbocycles. The third-order valence-corrected chi connectivity index (χ3v) is 2.82. The molecular weight excluding hydrogens is 226 g/mol. The van der Waals surface area contributed by atoms with Crippen LogP contribution in [0.25, 0.3) is 0 Å². The lowest BCUT2D eigenvalue weighted by atomic mass is 10.2. The highest BCUT2D eigenvalue weighted by Gasteiger charge is 2.17. The third-order valence-electron chi connectivity index (χ3n) is 2.82. The van der Waals surface area contributed by atoms with E-state index in [0.29, 0.717) is 13.0 Å². The van der Waals surface area contributed by atoms with Gasteiger partial charge in [0.1, 0.15) is 5.75 Å². The van der Waals surface area contributed by atoms with Gasteiger partial charge in [0.15, 0.2) is 6.10 Å². The van der Waals surface area contributed by atoms with E-state index in [1.807, 2.05) is 38.1 Å². The minimum atomic E-state index is -0.399. The van der Waals surface area contributed by atoms with Gasteiger partial charge in [-0.05, 0) is 37.0 Å². The number of aryl methyl sites for hydroxylation is 1. The average molecular weight is 249 g/mol. The summed E-state index contributed by atoms with van der Waals surface area (Å²) in [5.41, 5.74) is 1.27. The van der Waals surface area contributed by atoms with Gasteiger partial charge in [-0.3, -0.25) is 4.79 Å². The van der Waals surface area contributed by atoms with Crippen LogP contribution in [0.15, 0.2) is 24.3 Å². The summed E-state index contributed by atoms with van der Waals surface area (Å²) in [5.74, 6) is 0.726. The van der Waals surface area contributed by atoms with Crippen LogP contribution in [0.5, 0.6) is 5.75 Å². The second-order valence-corrected chi connectivity index (χ2v) is 4.30. The van der Waals surface area contributed by atoms with Gasteiger partial charge in [-0.2, -0.15) is 0 Å². The second-order valence-electron chi connectivity index (χ2n) is 4.30. The largest absolute Gasteiger partial charge is 0.481 e. The number of nitrogens with one attached hydrogen (secondary N) is 1. The Bertz CT molecular complexity index is 359. The van der Waals surface area contributed by atoms with Gasteiger partial charge in [-0.1, -0.05) is 32.9 Å². The van der Waals surface area contributed by atoms with Crippen molar-refractivity contribution in [2.75, 3.05) is 6.54 Å². The molecule has 3 nitrogen and oxygen atoms in total. The molecule has 0 saturated heterocycles. The number of rotatable bonds is 7. The highest BCUT2D eigenvalue weighted by atomic mass is 16.5. The van der Waals surface area contributed by atoms with Crippen LogP contribution in [0.3, 0.4) is 0 Å². The minimum Gasteiger partial charge on any atom is -0.481 e. The zero-order chi connectivity index (χ0) is 13.4. The summed E-state index contributed by atoms with van der Waals surface area (Å²) in [6, 6.07) is 7.92. The fourth-order valence-corrected chi connectivity index (χ4v) is 1.65. The average Bonchev–Trinajstić information content (AvgIpc) is 2.42. The Morgan fingerprint density at radius 2 is 1.89 bits per heavy atom. The van der Waals surface area contributed by atoms with E-state index in [1.54, 1.807) is 0 Å². The van der Waals surface area contributed by atoms with Gasteiger partial charge in [0, 0.05) is 6.54 Å². The van der Waals surface area contributed by atoms with E-state index in [0.717, 1.165) is 18.6 Å². The first kappa shape index (κ1) is 14.6. The molecule has 1 aromatic rings. The molecule has 1 N–H and O–H groups in total. The molecule has 1 atom stereocenters. The van der Waals surface area contributed by atoms with Gasteiger partial charge >= 0.3 is 0 Å². The predicted octanol–water partition coefficient (Wildman–Crippen LogP) is 2.93. The predicted molar refractivity (Wildman–Crippen MR) is 73.8 cm³/mol. The molecule has 0 aliphatic rings. The molecule has 0 heterocycles. The maximum atomic E-state index is 11.8. The zero-order valence-electron chi connectivity index (χ0n) is 11.5. The van der Waals surface area contributed by atoms with Crippen molar-refractivity contribution in [2.24, 2.45) is 0 Å². The van der Waals surface area contributed by atoms with Crippen LogP contribution in [0.1, 0.15) is 39.2 Å². The summed E-state index contributed by atoms with van der Waals surface area (Å²) in [7, 11) is 0. The van der Waals surface area contributed by atoms with E-state index >= 15 is 0 Å². The second kappa shape index (κ2) is 7.75. The summed E-state index contributed by atoms with van der Waals surface area (Å²) < 4.78 is 5.71. The van der Waals surface area contributed by atoms with Gasteiger partial charge < -0.3 is 10.1 Å². The lowest BCUT2D eigenvalue weighted by Gasteiger charge is -2.17. The summed E-state index contributed by atoms with van der Waals surface area (Å²) in [5, 5.41) is 2.86. The highest BCUT2D eigenvalue weighted by molar-refractivity contribution is 5.81. The molecule has 1 unspecified atom stereocenters. The molecule has 0 bridgehead atoms. The number of hydrogen-bond donors (Lipinski definition) is 1. The quantitative estimate of drug-likeness (QED) is 0.807. The van der Waals surface area contributed by atoms with Gasteiger partial charge in [-0.25, -0.2) is 0 Å². The zero-order valence-corrected chi connectivity index (χ0v) is 11.5. The number of carbonyl (C=O) groups excluding carboxylic acids is 1. The molecular formula is C15H23NO2. The Morgan fingerprint density at radius 3 is 2.39 bits per heavy atom. The maximum Gasteiger partial charge on any atom is 0.261 e. The standard InChI is InChI=1S/C15H23NO2/c1-4-11-16-15(17)14(6-3)18-13-9-7-12(5-2)8-10-13/h7-10,14H,4-6,11H2,1-3H3,(H,16,17). The lowest BCUT2D eigenvalue weighted by Crippen LogP contribution is -2.38. The van der Waals surface area contributed by atoms with Crippen LogP contribution >= 0.6 is 0 Å². The Kier molecular flexibility index (Phi) is 6.26. The Hall–Kier alpha value is -1.51. The van der Waals surface area contributed by atoms with E-state index in [4.69, 9.17) is 4.74 Å². The van der Waals surface area contributed by atoms with Crippen molar-refractivity contribution in [3.8, 4) is 5.75 Å². The minimum absolute atomic E-state index is 0.0288. The molecule has 1 amide bonds. The molecule has 18 heavy (non-hydrogen) atoms. The van der Waals surface area contributed by atoms with Crippen LogP contribution < -0.4 is 10.1 Å². The summed E-state index contributed by atoms with van der Waals surface area (Å²) in [6.45, 7) is 6.80.